The molecule has 0 spiro atoms. The molecule has 1 fully saturated rings. The van der Waals surface area contributed by atoms with Crippen LogP contribution in [0.2, 0.25) is 5.02 Å². The van der Waals surface area contributed by atoms with Crippen LogP contribution in [0.5, 0.6) is 5.88 Å². The van der Waals surface area contributed by atoms with E-state index in [1.165, 1.54) is 5.56 Å². The fourth-order valence-electron chi connectivity index (χ4n) is 3.75. The lowest BCUT2D eigenvalue weighted by atomic mass is 9.74. The van der Waals surface area contributed by atoms with Crippen LogP contribution in [0.4, 0.5) is 5.69 Å². The molecule has 1 saturated carbocycles. The summed E-state index contributed by atoms with van der Waals surface area (Å²) in [4.78, 5) is 16.7. The Morgan fingerprint density at radius 2 is 1.88 bits per heavy atom. The normalized spacial score (nSPS) is 21.0. The van der Waals surface area contributed by atoms with Gasteiger partial charge in [0.05, 0.1) is 7.11 Å². The van der Waals surface area contributed by atoms with E-state index in [2.05, 4.69) is 16.4 Å². The Bertz CT molecular complexity index is 740. The maximum atomic E-state index is 12.6. The number of nitrogens with one attached hydrogen (secondary N) is 1. The zero-order valence-corrected chi connectivity index (χ0v) is 16.0. The number of hydrogen-bond acceptors (Lipinski definition) is 3. The van der Waals surface area contributed by atoms with Gasteiger partial charge < -0.3 is 10.1 Å². The SMILES string of the molecule is COc1cc([C@H]2CC[C@H](C(C)C(=O)Nc3ccc(Cl)cc3)CC2)ccn1. The van der Waals surface area contributed by atoms with Gasteiger partial charge in [0.25, 0.3) is 0 Å². The van der Waals surface area contributed by atoms with Crippen LogP contribution in [0.3, 0.4) is 0 Å². The van der Waals surface area contributed by atoms with Crippen LogP contribution in [0.15, 0.2) is 42.6 Å². The maximum absolute atomic E-state index is 12.6. The molecule has 5 heteroatoms. The van der Waals surface area contributed by atoms with Crippen LogP contribution in [0, 0.1) is 11.8 Å². The van der Waals surface area contributed by atoms with Crippen molar-refractivity contribution in [2.75, 3.05) is 12.4 Å². The molecule has 2 aromatic rings. The van der Waals surface area contributed by atoms with E-state index < -0.39 is 0 Å². The van der Waals surface area contributed by atoms with Gasteiger partial charge in [-0.05, 0) is 73.4 Å². The molecule has 4 nitrogen and oxygen atoms in total. The van der Waals surface area contributed by atoms with E-state index in [1.54, 1.807) is 19.2 Å². The quantitative estimate of drug-likeness (QED) is 0.775. The highest BCUT2D eigenvalue weighted by molar-refractivity contribution is 6.30. The number of ether oxygens (including phenoxy) is 1. The summed E-state index contributed by atoms with van der Waals surface area (Å²) >= 11 is 5.89. The first-order chi connectivity index (χ1) is 12.6. The summed E-state index contributed by atoms with van der Waals surface area (Å²) in [5.74, 6) is 1.69. The van der Waals surface area contributed by atoms with Gasteiger partial charge in [-0.25, -0.2) is 4.98 Å². The maximum Gasteiger partial charge on any atom is 0.227 e. The molecular formula is C21H25ClN2O2. The largest absolute Gasteiger partial charge is 0.481 e. The average molecular weight is 373 g/mol. The molecule has 1 aromatic carbocycles. The Morgan fingerprint density at radius 3 is 2.54 bits per heavy atom. The average Bonchev–Trinajstić information content (AvgIpc) is 2.69. The first-order valence-corrected chi connectivity index (χ1v) is 9.51. The van der Waals surface area contributed by atoms with Gasteiger partial charge in [0.1, 0.15) is 0 Å². The van der Waals surface area contributed by atoms with Crippen molar-refractivity contribution in [2.45, 2.75) is 38.5 Å². The minimum absolute atomic E-state index is 0.00129. The van der Waals surface area contributed by atoms with Gasteiger partial charge in [0, 0.05) is 28.9 Å². The smallest absolute Gasteiger partial charge is 0.227 e. The van der Waals surface area contributed by atoms with Crippen LogP contribution in [-0.2, 0) is 4.79 Å². The molecule has 138 valence electrons. The summed E-state index contributed by atoms with van der Waals surface area (Å²) in [6.45, 7) is 2.03. The standard InChI is InChI=1S/C21H25ClN2O2/c1-14(21(25)24-19-9-7-18(22)8-10-19)15-3-5-16(6-4-15)17-11-12-23-20(13-17)26-2/h7-16H,3-6H2,1-2H3,(H,24,25)/t14?,15-,16-. The van der Waals surface area contributed by atoms with E-state index in [1.807, 2.05) is 31.3 Å². The summed E-state index contributed by atoms with van der Waals surface area (Å²) in [7, 11) is 1.64. The Hall–Kier alpha value is -2.07. The van der Waals surface area contributed by atoms with Crippen molar-refractivity contribution in [2.24, 2.45) is 11.8 Å². The number of anilines is 1. The number of nitrogens with zero attached hydrogens (tertiary/aromatic N) is 1. The molecule has 0 saturated heterocycles. The molecule has 1 aliphatic carbocycles. The summed E-state index contributed by atoms with van der Waals surface area (Å²) < 4.78 is 5.23. The van der Waals surface area contributed by atoms with Gasteiger partial charge in [-0.2, -0.15) is 0 Å². The van der Waals surface area contributed by atoms with Gasteiger partial charge in [-0.3, -0.25) is 4.79 Å². The third kappa shape index (κ3) is 4.55. The van der Waals surface area contributed by atoms with E-state index in [9.17, 15) is 4.79 Å². The Kier molecular flexibility index (Phi) is 6.15. The van der Waals surface area contributed by atoms with Crippen molar-refractivity contribution in [1.82, 2.24) is 4.98 Å². The second-order valence-corrected chi connectivity index (χ2v) is 7.46. The van der Waals surface area contributed by atoms with E-state index in [0.29, 0.717) is 22.7 Å². The number of amides is 1. The first kappa shape index (κ1) is 18.7. The summed E-state index contributed by atoms with van der Waals surface area (Å²) in [5, 5.41) is 3.67. The molecule has 1 aliphatic rings. The van der Waals surface area contributed by atoms with Crippen LogP contribution in [0.1, 0.15) is 44.1 Å². The van der Waals surface area contributed by atoms with E-state index in [-0.39, 0.29) is 11.8 Å². The molecule has 0 aliphatic heterocycles. The fraction of sp³-hybridized carbons (Fsp3) is 0.429. The monoisotopic (exact) mass is 372 g/mol. The Balaban J connectivity index is 1.55. The lowest BCUT2D eigenvalue weighted by Crippen LogP contribution is -2.29. The Morgan fingerprint density at radius 1 is 1.19 bits per heavy atom. The second-order valence-electron chi connectivity index (χ2n) is 7.03. The summed E-state index contributed by atoms with van der Waals surface area (Å²) in [6.07, 6.45) is 6.12. The molecule has 1 amide bonds. The van der Waals surface area contributed by atoms with Gasteiger partial charge in [-0.15, -0.1) is 0 Å². The molecule has 3 rings (SSSR count). The first-order valence-electron chi connectivity index (χ1n) is 9.13. The molecule has 1 N–H and O–H groups in total. The highest BCUT2D eigenvalue weighted by Gasteiger charge is 2.29. The molecule has 1 atom stereocenters. The van der Waals surface area contributed by atoms with Crippen LogP contribution in [-0.4, -0.2) is 18.0 Å². The molecular weight excluding hydrogens is 348 g/mol. The molecule has 0 radical (unpaired) electrons. The molecule has 1 aromatic heterocycles. The van der Waals surface area contributed by atoms with Crippen LogP contribution in [0.25, 0.3) is 0 Å². The molecule has 0 bridgehead atoms. The highest BCUT2D eigenvalue weighted by Crippen LogP contribution is 2.39. The van der Waals surface area contributed by atoms with E-state index in [0.717, 1.165) is 31.4 Å². The van der Waals surface area contributed by atoms with Crippen molar-refractivity contribution in [1.29, 1.82) is 0 Å². The van der Waals surface area contributed by atoms with Gasteiger partial charge in [0.15, 0.2) is 0 Å². The van der Waals surface area contributed by atoms with Crippen molar-refractivity contribution in [3.05, 3.63) is 53.2 Å². The molecule has 1 heterocycles. The third-order valence-corrected chi connectivity index (χ3v) is 5.70. The lowest BCUT2D eigenvalue weighted by molar-refractivity contribution is -0.121. The number of rotatable bonds is 5. The van der Waals surface area contributed by atoms with Crippen molar-refractivity contribution in [3.63, 3.8) is 0 Å². The minimum Gasteiger partial charge on any atom is -0.481 e. The second kappa shape index (κ2) is 8.54. The van der Waals surface area contributed by atoms with Gasteiger partial charge in [0.2, 0.25) is 11.8 Å². The van der Waals surface area contributed by atoms with Crippen molar-refractivity contribution >= 4 is 23.2 Å². The van der Waals surface area contributed by atoms with Crippen LogP contribution < -0.4 is 10.1 Å². The van der Waals surface area contributed by atoms with Gasteiger partial charge >= 0.3 is 0 Å². The van der Waals surface area contributed by atoms with Crippen LogP contribution >= 0.6 is 11.6 Å². The van der Waals surface area contributed by atoms with Gasteiger partial charge in [-0.1, -0.05) is 18.5 Å². The zero-order chi connectivity index (χ0) is 18.5. The summed E-state index contributed by atoms with van der Waals surface area (Å²) in [6, 6.07) is 11.3. The Labute approximate surface area is 159 Å². The number of benzene rings is 1. The summed E-state index contributed by atoms with van der Waals surface area (Å²) in [5.41, 5.74) is 2.08. The van der Waals surface area contributed by atoms with Crippen molar-refractivity contribution in [3.8, 4) is 5.88 Å². The minimum atomic E-state index is -0.00129. The number of aromatic nitrogens is 1. The van der Waals surface area contributed by atoms with E-state index in [4.69, 9.17) is 16.3 Å². The predicted molar refractivity (Wildman–Crippen MR) is 105 cm³/mol. The highest BCUT2D eigenvalue weighted by atomic mass is 35.5. The fourth-order valence-corrected chi connectivity index (χ4v) is 3.87. The van der Waals surface area contributed by atoms with Crippen molar-refractivity contribution < 1.29 is 9.53 Å². The predicted octanol–water partition coefficient (Wildman–Crippen LogP) is 5.29. The lowest BCUT2D eigenvalue weighted by Gasteiger charge is -2.32. The molecule has 26 heavy (non-hydrogen) atoms. The molecule has 1 unspecified atom stereocenters. The number of methoxy groups -OCH3 is 1. The third-order valence-electron chi connectivity index (χ3n) is 5.44. The zero-order valence-electron chi connectivity index (χ0n) is 15.2. The number of pyridine rings is 1. The number of carbonyl (C=O) groups is 1. The number of hydrogen-bond donors (Lipinski definition) is 1. The van der Waals surface area contributed by atoms with E-state index >= 15 is 0 Å². The topological polar surface area (TPSA) is 51.2 Å². The number of carbonyl (C=O) groups excluding carboxylic acids is 1. The number of halogens is 1.